The molecule has 2 aliphatic rings. The summed E-state index contributed by atoms with van der Waals surface area (Å²) in [7, 11) is 1.80. The van der Waals surface area contributed by atoms with E-state index in [0.717, 1.165) is 57.9 Å². The van der Waals surface area contributed by atoms with Crippen LogP contribution in [0, 0.1) is 5.41 Å². The van der Waals surface area contributed by atoms with E-state index < -0.39 is 0 Å². The fourth-order valence-electron chi connectivity index (χ4n) is 3.56. The first kappa shape index (κ1) is 20.5. The van der Waals surface area contributed by atoms with Crippen molar-refractivity contribution >= 4 is 5.96 Å². The molecule has 1 heterocycles. The molecular weight excluding hydrogens is 318 g/mol. The summed E-state index contributed by atoms with van der Waals surface area (Å²) in [5.41, 5.74) is 0.000472. The van der Waals surface area contributed by atoms with Gasteiger partial charge in [-0.25, -0.2) is 0 Å². The Kier molecular flexibility index (Phi) is 7.52. The second-order valence-corrected chi connectivity index (χ2v) is 7.88. The topological polar surface area (TPSA) is 64.1 Å². The lowest BCUT2D eigenvalue weighted by atomic mass is 9.56. The van der Waals surface area contributed by atoms with Crippen LogP contribution >= 0.6 is 0 Å². The number of hydrogen-bond donors (Lipinski definition) is 2. The summed E-state index contributed by atoms with van der Waals surface area (Å²) in [6, 6.07) is 0.367. The van der Waals surface area contributed by atoms with Gasteiger partial charge in [-0.1, -0.05) is 13.8 Å². The Labute approximate surface area is 153 Å². The molecule has 1 saturated heterocycles. The number of aliphatic imine (C=N–C) groups is 1. The molecule has 0 aromatic carbocycles. The molecule has 0 radical (unpaired) electrons. The summed E-state index contributed by atoms with van der Waals surface area (Å²) in [5.74, 6) is 0.887. The van der Waals surface area contributed by atoms with Gasteiger partial charge in [0.25, 0.3) is 0 Å². The van der Waals surface area contributed by atoms with Crippen molar-refractivity contribution in [2.24, 2.45) is 10.4 Å². The average molecular weight is 356 g/mol. The number of ether oxygens (including phenoxy) is 3. The zero-order valence-electron chi connectivity index (χ0n) is 16.7. The van der Waals surface area contributed by atoms with Crippen molar-refractivity contribution in [2.75, 3.05) is 40.0 Å². The molecular formula is C19H37N3O3. The standard InChI is InChI=1S/C19H37N3O3/c1-6-20-17(22-16-13-19(4,23-5)18(16,2)3)21-10-8-11-24-14-15-9-7-12-25-15/h15-16H,6-14H2,1-5H3,(H2,20,21,22). The van der Waals surface area contributed by atoms with Crippen molar-refractivity contribution in [1.82, 2.24) is 10.6 Å². The van der Waals surface area contributed by atoms with Gasteiger partial charge < -0.3 is 24.8 Å². The maximum atomic E-state index is 5.70. The zero-order chi connectivity index (χ0) is 18.3. The normalized spacial score (nSPS) is 31.6. The lowest BCUT2D eigenvalue weighted by molar-refractivity contribution is -0.176. The first-order valence-corrected chi connectivity index (χ1v) is 9.72. The molecule has 146 valence electrons. The number of nitrogens with zero attached hydrogens (tertiary/aromatic N) is 1. The lowest BCUT2D eigenvalue weighted by Crippen LogP contribution is -2.69. The van der Waals surface area contributed by atoms with E-state index in [0.29, 0.717) is 18.8 Å². The van der Waals surface area contributed by atoms with Gasteiger partial charge in [-0.05, 0) is 39.5 Å². The maximum absolute atomic E-state index is 5.70. The summed E-state index contributed by atoms with van der Waals surface area (Å²) in [5, 5.41) is 6.91. The van der Waals surface area contributed by atoms with E-state index in [1.807, 2.05) is 0 Å². The van der Waals surface area contributed by atoms with Gasteiger partial charge in [0, 0.05) is 44.9 Å². The van der Waals surface area contributed by atoms with Gasteiger partial charge in [0.15, 0.2) is 5.96 Å². The van der Waals surface area contributed by atoms with Crippen LogP contribution < -0.4 is 10.6 Å². The minimum Gasteiger partial charge on any atom is -0.379 e. The summed E-state index contributed by atoms with van der Waals surface area (Å²) in [4.78, 5) is 4.69. The second-order valence-electron chi connectivity index (χ2n) is 7.88. The van der Waals surface area contributed by atoms with Crippen molar-refractivity contribution in [1.29, 1.82) is 0 Å². The molecule has 0 spiro atoms. The van der Waals surface area contributed by atoms with Crippen LogP contribution in [0.15, 0.2) is 4.99 Å². The van der Waals surface area contributed by atoms with Gasteiger partial charge in [0.2, 0.25) is 0 Å². The summed E-state index contributed by atoms with van der Waals surface area (Å²) in [6.07, 6.45) is 4.51. The van der Waals surface area contributed by atoms with Crippen molar-refractivity contribution in [2.45, 2.75) is 71.1 Å². The van der Waals surface area contributed by atoms with Crippen LogP contribution in [0.25, 0.3) is 0 Å². The Morgan fingerprint density at radius 1 is 1.32 bits per heavy atom. The third-order valence-corrected chi connectivity index (χ3v) is 5.98. The van der Waals surface area contributed by atoms with Crippen LogP contribution in [0.3, 0.4) is 0 Å². The molecule has 1 aliphatic carbocycles. The Balaban J connectivity index is 1.69. The smallest absolute Gasteiger partial charge is 0.191 e. The predicted octanol–water partition coefficient (Wildman–Crippen LogP) is 2.33. The average Bonchev–Trinajstić information content (AvgIpc) is 3.10. The molecule has 0 aromatic rings. The van der Waals surface area contributed by atoms with E-state index in [2.05, 4.69) is 43.3 Å². The number of rotatable bonds is 9. The molecule has 1 aliphatic heterocycles. The highest BCUT2D eigenvalue weighted by Gasteiger charge is 2.58. The van der Waals surface area contributed by atoms with E-state index in [1.54, 1.807) is 7.11 Å². The van der Waals surface area contributed by atoms with Crippen LogP contribution in [-0.2, 0) is 14.2 Å². The highest BCUT2D eigenvalue weighted by atomic mass is 16.5. The largest absolute Gasteiger partial charge is 0.379 e. The zero-order valence-corrected chi connectivity index (χ0v) is 16.7. The number of methoxy groups -OCH3 is 1. The second kappa shape index (κ2) is 9.19. The first-order valence-electron chi connectivity index (χ1n) is 9.72. The van der Waals surface area contributed by atoms with Crippen molar-refractivity contribution in [3.63, 3.8) is 0 Å². The molecule has 0 bridgehead atoms. The Morgan fingerprint density at radius 2 is 2.12 bits per heavy atom. The number of hydrogen-bond acceptors (Lipinski definition) is 4. The van der Waals surface area contributed by atoms with Crippen LogP contribution in [0.4, 0.5) is 0 Å². The summed E-state index contributed by atoms with van der Waals surface area (Å²) >= 11 is 0. The van der Waals surface area contributed by atoms with Crippen LogP contribution in [-0.4, -0.2) is 63.7 Å². The Hall–Kier alpha value is -0.850. The van der Waals surface area contributed by atoms with Crippen molar-refractivity contribution in [3.8, 4) is 0 Å². The maximum Gasteiger partial charge on any atom is 0.191 e. The highest BCUT2D eigenvalue weighted by Crippen LogP contribution is 2.51. The first-order chi connectivity index (χ1) is 11.9. The quantitative estimate of drug-likeness (QED) is 0.378. The van der Waals surface area contributed by atoms with Gasteiger partial charge >= 0.3 is 0 Å². The van der Waals surface area contributed by atoms with Gasteiger partial charge in [-0.15, -0.1) is 0 Å². The molecule has 3 unspecified atom stereocenters. The lowest BCUT2D eigenvalue weighted by Gasteiger charge is -2.59. The van der Waals surface area contributed by atoms with E-state index in [-0.39, 0.29) is 11.0 Å². The Bertz CT molecular complexity index is 436. The monoisotopic (exact) mass is 355 g/mol. The molecule has 2 rings (SSSR count). The molecule has 6 nitrogen and oxygen atoms in total. The molecule has 1 saturated carbocycles. The number of guanidine groups is 1. The predicted molar refractivity (Wildman–Crippen MR) is 101 cm³/mol. The van der Waals surface area contributed by atoms with Crippen LogP contribution in [0.2, 0.25) is 0 Å². The fourth-order valence-corrected chi connectivity index (χ4v) is 3.56. The van der Waals surface area contributed by atoms with Gasteiger partial charge in [-0.3, -0.25) is 4.99 Å². The fraction of sp³-hybridized carbons (Fsp3) is 0.947. The molecule has 3 atom stereocenters. The molecule has 0 amide bonds. The molecule has 6 heteroatoms. The van der Waals surface area contributed by atoms with Gasteiger partial charge in [0.05, 0.1) is 18.3 Å². The van der Waals surface area contributed by atoms with Crippen molar-refractivity contribution in [3.05, 3.63) is 0 Å². The summed E-state index contributed by atoms with van der Waals surface area (Å²) < 4.78 is 17.0. The van der Waals surface area contributed by atoms with Gasteiger partial charge in [-0.2, -0.15) is 0 Å². The molecule has 25 heavy (non-hydrogen) atoms. The highest BCUT2D eigenvalue weighted by molar-refractivity contribution is 5.80. The van der Waals surface area contributed by atoms with Crippen molar-refractivity contribution < 1.29 is 14.2 Å². The van der Waals surface area contributed by atoms with Crippen LogP contribution in [0.5, 0.6) is 0 Å². The molecule has 2 fully saturated rings. The van der Waals surface area contributed by atoms with E-state index in [1.165, 1.54) is 0 Å². The summed E-state index contributed by atoms with van der Waals surface area (Å²) in [6.45, 7) is 12.7. The third-order valence-electron chi connectivity index (χ3n) is 5.98. The minimum atomic E-state index is -0.0713. The number of nitrogens with one attached hydrogen (secondary N) is 2. The van der Waals surface area contributed by atoms with E-state index >= 15 is 0 Å². The SMILES string of the molecule is CCNC(=NCCCOCC1CCCO1)NC1CC(C)(OC)C1(C)C. The van der Waals surface area contributed by atoms with E-state index in [4.69, 9.17) is 14.2 Å². The molecule has 0 aromatic heterocycles. The minimum absolute atomic E-state index is 0.0713. The van der Waals surface area contributed by atoms with Crippen LogP contribution in [0.1, 0.15) is 53.4 Å². The van der Waals surface area contributed by atoms with E-state index in [9.17, 15) is 0 Å². The Morgan fingerprint density at radius 3 is 2.72 bits per heavy atom. The molecule has 2 N–H and O–H groups in total. The third kappa shape index (κ3) is 5.08. The van der Waals surface area contributed by atoms with Gasteiger partial charge in [0.1, 0.15) is 0 Å².